The Labute approximate surface area is 146 Å². The lowest BCUT2D eigenvalue weighted by molar-refractivity contribution is -0.120. The van der Waals surface area contributed by atoms with Gasteiger partial charge in [0, 0.05) is 18.5 Å². The van der Waals surface area contributed by atoms with E-state index in [1.807, 2.05) is 30.3 Å². The topological polar surface area (TPSA) is 59.8 Å². The van der Waals surface area contributed by atoms with Gasteiger partial charge in [-0.05, 0) is 38.2 Å². The summed E-state index contributed by atoms with van der Waals surface area (Å²) in [7, 11) is 0. The first-order chi connectivity index (χ1) is 11.8. The molecule has 2 saturated carbocycles. The van der Waals surface area contributed by atoms with E-state index in [9.17, 15) is 4.79 Å². The second-order valence-corrected chi connectivity index (χ2v) is 7.62. The molecule has 0 radical (unpaired) electrons. The van der Waals surface area contributed by atoms with E-state index in [0.29, 0.717) is 12.0 Å². The molecule has 0 aliphatic heterocycles. The van der Waals surface area contributed by atoms with Crippen molar-refractivity contribution in [2.24, 2.45) is 0 Å². The van der Waals surface area contributed by atoms with Crippen LogP contribution in [0.3, 0.4) is 0 Å². The van der Waals surface area contributed by atoms with Crippen LogP contribution in [0.15, 0.2) is 35.5 Å². The molecule has 1 aromatic carbocycles. The highest BCUT2D eigenvalue weighted by Crippen LogP contribution is 2.42. The zero-order valence-electron chi connectivity index (χ0n) is 13.8. The third kappa shape index (κ3) is 3.34. The van der Waals surface area contributed by atoms with Crippen LogP contribution in [-0.4, -0.2) is 26.7 Å². The van der Waals surface area contributed by atoms with Crippen LogP contribution in [-0.2, 0) is 11.3 Å². The molecule has 2 aliphatic rings. The first-order valence-electron chi connectivity index (χ1n) is 8.71. The average Bonchev–Trinajstić information content (AvgIpc) is 3.53. The van der Waals surface area contributed by atoms with Crippen LogP contribution >= 0.6 is 11.8 Å². The van der Waals surface area contributed by atoms with Crippen LogP contribution in [0, 0.1) is 0 Å². The van der Waals surface area contributed by atoms with Crippen molar-refractivity contribution in [3.05, 3.63) is 41.7 Å². The van der Waals surface area contributed by atoms with Crippen LogP contribution in [0.5, 0.6) is 0 Å². The van der Waals surface area contributed by atoms with Crippen molar-refractivity contribution in [1.29, 1.82) is 0 Å². The van der Waals surface area contributed by atoms with Crippen molar-refractivity contribution >= 4 is 17.7 Å². The lowest BCUT2D eigenvalue weighted by atomic mass is 10.1. The van der Waals surface area contributed by atoms with E-state index >= 15 is 0 Å². The SMILES string of the molecule is CCn1c(S[C@@H](C(=O)NC2CC2)c2ccccc2)nnc1C1CC1. The Kier molecular flexibility index (Phi) is 4.31. The summed E-state index contributed by atoms with van der Waals surface area (Å²) in [5, 5.41) is 12.5. The van der Waals surface area contributed by atoms with Gasteiger partial charge in [0.1, 0.15) is 11.1 Å². The second-order valence-electron chi connectivity index (χ2n) is 6.55. The molecule has 1 aromatic heterocycles. The monoisotopic (exact) mass is 342 g/mol. The third-order valence-corrected chi connectivity index (χ3v) is 5.73. The number of thioether (sulfide) groups is 1. The van der Waals surface area contributed by atoms with E-state index in [2.05, 4.69) is 27.0 Å². The highest BCUT2D eigenvalue weighted by Gasteiger charge is 2.33. The van der Waals surface area contributed by atoms with Gasteiger partial charge in [-0.25, -0.2) is 0 Å². The Morgan fingerprint density at radius 2 is 2.00 bits per heavy atom. The summed E-state index contributed by atoms with van der Waals surface area (Å²) in [4.78, 5) is 12.8. The normalized spacial score (nSPS) is 18.4. The van der Waals surface area contributed by atoms with Gasteiger partial charge in [0.25, 0.3) is 0 Å². The molecule has 4 rings (SSSR count). The van der Waals surface area contributed by atoms with Gasteiger partial charge >= 0.3 is 0 Å². The molecular weight excluding hydrogens is 320 g/mol. The molecule has 2 aliphatic carbocycles. The van der Waals surface area contributed by atoms with Gasteiger partial charge < -0.3 is 9.88 Å². The van der Waals surface area contributed by atoms with Crippen LogP contribution in [0.1, 0.15) is 55.2 Å². The quantitative estimate of drug-likeness (QED) is 0.785. The molecule has 0 spiro atoms. The van der Waals surface area contributed by atoms with Crippen molar-refractivity contribution in [1.82, 2.24) is 20.1 Å². The zero-order valence-corrected chi connectivity index (χ0v) is 14.6. The van der Waals surface area contributed by atoms with E-state index in [-0.39, 0.29) is 11.2 Å². The zero-order chi connectivity index (χ0) is 16.5. The minimum atomic E-state index is -0.284. The molecule has 24 heavy (non-hydrogen) atoms. The maximum atomic E-state index is 12.8. The number of carbonyl (C=O) groups excluding carboxylic acids is 1. The first-order valence-corrected chi connectivity index (χ1v) is 9.59. The number of nitrogens with zero attached hydrogens (tertiary/aromatic N) is 3. The molecule has 2 aromatic rings. The van der Waals surface area contributed by atoms with Gasteiger partial charge in [0.2, 0.25) is 5.91 Å². The van der Waals surface area contributed by atoms with Gasteiger partial charge in [0.15, 0.2) is 5.16 Å². The lowest BCUT2D eigenvalue weighted by Crippen LogP contribution is -2.30. The Morgan fingerprint density at radius 1 is 1.25 bits per heavy atom. The summed E-state index contributed by atoms with van der Waals surface area (Å²) in [5.74, 6) is 1.71. The maximum Gasteiger partial charge on any atom is 0.238 e. The predicted octanol–water partition coefficient (Wildman–Crippen LogP) is 3.29. The highest BCUT2D eigenvalue weighted by molar-refractivity contribution is 8.00. The number of nitrogens with one attached hydrogen (secondary N) is 1. The number of hydrogen-bond acceptors (Lipinski definition) is 4. The first kappa shape index (κ1) is 15.7. The van der Waals surface area contributed by atoms with Crippen molar-refractivity contribution in [3.63, 3.8) is 0 Å². The van der Waals surface area contributed by atoms with Crippen LogP contribution in [0.2, 0.25) is 0 Å². The summed E-state index contributed by atoms with van der Waals surface area (Å²) in [5.41, 5.74) is 1.01. The van der Waals surface area contributed by atoms with E-state index in [1.165, 1.54) is 24.6 Å². The summed E-state index contributed by atoms with van der Waals surface area (Å²) >= 11 is 1.51. The Bertz CT molecular complexity index is 722. The molecule has 2 fully saturated rings. The molecular formula is C18H22N4OS. The minimum absolute atomic E-state index is 0.0762. The summed E-state index contributed by atoms with van der Waals surface area (Å²) in [6, 6.07) is 10.3. The summed E-state index contributed by atoms with van der Waals surface area (Å²) < 4.78 is 2.17. The Morgan fingerprint density at radius 3 is 2.62 bits per heavy atom. The second kappa shape index (κ2) is 6.59. The highest BCUT2D eigenvalue weighted by atomic mass is 32.2. The number of benzene rings is 1. The van der Waals surface area contributed by atoms with E-state index in [0.717, 1.165) is 35.9 Å². The fourth-order valence-electron chi connectivity index (χ4n) is 2.84. The fraction of sp³-hybridized carbons (Fsp3) is 0.500. The number of hydrogen-bond donors (Lipinski definition) is 1. The number of amides is 1. The van der Waals surface area contributed by atoms with E-state index in [4.69, 9.17) is 0 Å². The minimum Gasteiger partial charge on any atom is -0.352 e. The van der Waals surface area contributed by atoms with Gasteiger partial charge in [-0.3, -0.25) is 4.79 Å². The number of carbonyl (C=O) groups is 1. The number of aromatic nitrogens is 3. The molecule has 5 nitrogen and oxygen atoms in total. The largest absolute Gasteiger partial charge is 0.352 e. The molecule has 1 amide bonds. The van der Waals surface area contributed by atoms with Crippen LogP contribution < -0.4 is 5.32 Å². The predicted molar refractivity (Wildman–Crippen MR) is 93.9 cm³/mol. The van der Waals surface area contributed by atoms with Crippen LogP contribution in [0.4, 0.5) is 0 Å². The molecule has 0 unspecified atom stereocenters. The lowest BCUT2D eigenvalue weighted by Gasteiger charge is -2.17. The molecule has 1 N–H and O–H groups in total. The van der Waals surface area contributed by atoms with Gasteiger partial charge in [-0.15, -0.1) is 10.2 Å². The van der Waals surface area contributed by atoms with Crippen molar-refractivity contribution in [3.8, 4) is 0 Å². The van der Waals surface area contributed by atoms with Crippen molar-refractivity contribution in [2.75, 3.05) is 0 Å². The molecule has 1 heterocycles. The Balaban J connectivity index is 1.60. The standard InChI is InChI=1S/C18H22N4OS/c1-2-22-16(13-8-9-13)20-21-18(22)24-15(12-6-4-3-5-7-12)17(23)19-14-10-11-14/h3-7,13-15H,2,8-11H2,1H3,(H,19,23)/t15-/m1/s1. The molecule has 0 saturated heterocycles. The van der Waals surface area contributed by atoms with Gasteiger partial charge in [-0.1, -0.05) is 42.1 Å². The maximum absolute atomic E-state index is 12.8. The average molecular weight is 342 g/mol. The van der Waals surface area contributed by atoms with E-state index < -0.39 is 0 Å². The molecule has 1 atom stereocenters. The smallest absolute Gasteiger partial charge is 0.238 e. The summed E-state index contributed by atoms with van der Waals surface area (Å²) in [6.45, 7) is 2.95. The molecule has 6 heteroatoms. The number of rotatable bonds is 7. The van der Waals surface area contributed by atoms with Crippen molar-refractivity contribution < 1.29 is 4.79 Å². The van der Waals surface area contributed by atoms with Gasteiger partial charge in [-0.2, -0.15) is 0 Å². The Hall–Kier alpha value is -1.82. The molecule has 0 bridgehead atoms. The fourth-order valence-corrected chi connectivity index (χ4v) is 3.96. The van der Waals surface area contributed by atoms with Crippen molar-refractivity contribution in [2.45, 2.75) is 61.5 Å². The van der Waals surface area contributed by atoms with E-state index in [1.54, 1.807) is 0 Å². The van der Waals surface area contributed by atoms with Gasteiger partial charge in [0.05, 0.1) is 0 Å². The third-order valence-electron chi connectivity index (χ3n) is 4.49. The molecule has 126 valence electrons. The van der Waals surface area contributed by atoms with Crippen LogP contribution in [0.25, 0.3) is 0 Å². The summed E-state index contributed by atoms with van der Waals surface area (Å²) in [6.07, 6.45) is 4.59.